The molecule has 1 heterocycles. The smallest absolute Gasteiger partial charge is 0.234 e. The third-order valence-electron chi connectivity index (χ3n) is 3.99. The van der Waals surface area contributed by atoms with Gasteiger partial charge >= 0.3 is 0 Å². The summed E-state index contributed by atoms with van der Waals surface area (Å²) in [5, 5.41) is 11.8. The summed E-state index contributed by atoms with van der Waals surface area (Å²) < 4.78 is 0. The average molecular weight is 314 g/mol. The third-order valence-corrected chi connectivity index (χ3v) is 3.99. The SMILES string of the molecule is CC(C)NC(=O)CN1CCCN(Cc2ccc(C#N)cc2)CC1. The lowest BCUT2D eigenvalue weighted by Gasteiger charge is -2.22. The highest BCUT2D eigenvalue weighted by atomic mass is 16.2. The second-order valence-corrected chi connectivity index (χ2v) is 6.44. The molecule has 1 fully saturated rings. The van der Waals surface area contributed by atoms with Crippen molar-refractivity contribution in [3.8, 4) is 6.07 Å². The molecule has 2 rings (SSSR count). The van der Waals surface area contributed by atoms with Crippen LogP contribution in [0.4, 0.5) is 0 Å². The Hall–Kier alpha value is -1.90. The summed E-state index contributed by atoms with van der Waals surface area (Å²) in [4.78, 5) is 16.5. The minimum absolute atomic E-state index is 0.112. The van der Waals surface area contributed by atoms with E-state index in [1.165, 1.54) is 5.56 Å². The molecule has 0 aromatic heterocycles. The van der Waals surface area contributed by atoms with E-state index >= 15 is 0 Å². The van der Waals surface area contributed by atoms with Gasteiger partial charge in [-0.1, -0.05) is 12.1 Å². The molecule has 1 aliphatic rings. The van der Waals surface area contributed by atoms with E-state index in [2.05, 4.69) is 21.2 Å². The van der Waals surface area contributed by atoms with Gasteiger partial charge in [-0.05, 0) is 51.1 Å². The van der Waals surface area contributed by atoms with Gasteiger partial charge in [-0.3, -0.25) is 14.6 Å². The molecule has 1 saturated heterocycles. The first-order valence-corrected chi connectivity index (χ1v) is 8.30. The third kappa shape index (κ3) is 6.01. The maximum absolute atomic E-state index is 11.9. The second kappa shape index (κ2) is 8.66. The molecule has 0 bridgehead atoms. The number of benzene rings is 1. The van der Waals surface area contributed by atoms with Crippen molar-refractivity contribution in [2.45, 2.75) is 32.9 Å². The lowest BCUT2D eigenvalue weighted by Crippen LogP contribution is -2.41. The maximum atomic E-state index is 11.9. The topological polar surface area (TPSA) is 59.4 Å². The van der Waals surface area contributed by atoms with E-state index in [-0.39, 0.29) is 11.9 Å². The normalized spacial score (nSPS) is 16.8. The van der Waals surface area contributed by atoms with Crippen molar-refractivity contribution in [2.24, 2.45) is 0 Å². The molecule has 1 aromatic carbocycles. The molecule has 23 heavy (non-hydrogen) atoms. The standard InChI is InChI=1S/C18H26N4O/c1-15(2)20-18(23)14-22-9-3-8-21(10-11-22)13-17-6-4-16(12-19)5-7-17/h4-7,15H,3,8-11,13-14H2,1-2H3,(H,20,23). The van der Waals surface area contributed by atoms with Gasteiger partial charge in [0.05, 0.1) is 18.2 Å². The van der Waals surface area contributed by atoms with Crippen molar-refractivity contribution >= 4 is 5.91 Å². The van der Waals surface area contributed by atoms with E-state index in [1.807, 2.05) is 38.1 Å². The quantitative estimate of drug-likeness (QED) is 0.897. The van der Waals surface area contributed by atoms with Gasteiger partial charge in [0.1, 0.15) is 0 Å². The van der Waals surface area contributed by atoms with Gasteiger partial charge in [-0.2, -0.15) is 5.26 Å². The van der Waals surface area contributed by atoms with Crippen LogP contribution in [-0.4, -0.2) is 54.5 Å². The van der Waals surface area contributed by atoms with E-state index in [1.54, 1.807) is 0 Å². The predicted molar refractivity (Wildman–Crippen MR) is 90.8 cm³/mol. The van der Waals surface area contributed by atoms with E-state index < -0.39 is 0 Å². The Labute approximate surface area is 138 Å². The van der Waals surface area contributed by atoms with E-state index in [0.29, 0.717) is 12.1 Å². The van der Waals surface area contributed by atoms with Gasteiger partial charge in [0.15, 0.2) is 0 Å². The first kappa shape index (κ1) is 17.5. The molecule has 0 spiro atoms. The Morgan fingerprint density at radius 3 is 2.48 bits per heavy atom. The van der Waals surface area contributed by atoms with Crippen molar-refractivity contribution < 1.29 is 4.79 Å². The molecule has 1 aliphatic heterocycles. The zero-order valence-electron chi connectivity index (χ0n) is 14.1. The number of rotatable bonds is 5. The molecule has 0 saturated carbocycles. The van der Waals surface area contributed by atoms with Gasteiger partial charge in [0.2, 0.25) is 5.91 Å². The summed E-state index contributed by atoms with van der Waals surface area (Å²) >= 11 is 0. The van der Waals surface area contributed by atoms with Crippen LogP contribution in [0, 0.1) is 11.3 Å². The van der Waals surface area contributed by atoms with Crippen LogP contribution >= 0.6 is 0 Å². The van der Waals surface area contributed by atoms with Crippen LogP contribution in [0.1, 0.15) is 31.4 Å². The number of hydrogen-bond donors (Lipinski definition) is 1. The molecule has 0 radical (unpaired) electrons. The summed E-state index contributed by atoms with van der Waals surface area (Å²) in [6.45, 7) is 9.26. The Morgan fingerprint density at radius 2 is 1.83 bits per heavy atom. The molecule has 5 heteroatoms. The zero-order valence-corrected chi connectivity index (χ0v) is 14.1. The van der Waals surface area contributed by atoms with Crippen molar-refractivity contribution in [3.63, 3.8) is 0 Å². The minimum Gasteiger partial charge on any atom is -0.353 e. The molecule has 124 valence electrons. The monoisotopic (exact) mass is 314 g/mol. The molecule has 1 amide bonds. The Balaban J connectivity index is 1.81. The molecule has 0 unspecified atom stereocenters. The Kier molecular flexibility index (Phi) is 6.57. The zero-order chi connectivity index (χ0) is 16.7. The van der Waals surface area contributed by atoms with Gasteiger partial charge in [-0.15, -0.1) is 0 Å². The highest BCUT2D eigenvalue weighted by molar-refractivity contribution is 5.78. The molecule has 1 aromatic rings. The summed E-state index contributed by atoms with van der Waals surface area (Å²) in [6.07, 6.45) is 1.07. The molecular formula is C18H26N4O. The van der Waals surface area contributed by atoms with Crippen LogP contribution in [-0.2, 0) is 11.3 Å². The van der Waals surface area contributed by atoms with Crippen LogP contribution in [0.15, 0.2) is 24.3 Å². The van der Waals surface area contributed by atoms with E-state index in [4.69, 9.17) is 5.26 Å². The number of hydrogen-bond acceptors (Lipinski definition) is 4. The minimum atomic E-state index is 0.112. The Morgan fingerprint density at radius 1 is 1.17 bits per heavy atom. The first-order valence-electron chi connectivity index (χ1n) is 8.30. The van der Waals surface area contributed by atoms with Gasteiger partial charge in [0, 0.05) is 25.7 Å². The van der Waals surface area contributed by atoms with Crippen LogP contribution < -0.4 is 5.32 Å². The lowest BCUT2D eigenvalue weighted by atomic mass is 10.1. The number of amides is 1. The van der Waals surface area contributed by atoms with E-state index in [0.717, 1.165) is 39.1 Å². The summed E-state index contributed by atoms with van der Waals surface area (Å²) in [6, 6.07) is 10.1. The van der Waals surface area contributed by atoms with Crippen molar-refractivity contribution in [2.75, 3.05) is 32.7 Å². The second-order valence-electron chi connectivity index (χ2n) is 6.44. The number of nitriles is 1. The number of carbonyl (C=O) groups excluding carboxylic acids is 1. The summed E-state index contributed by atoms with van der Waals surface area (Å²) in [7, 11) is 0. The van der Waals surface area contributed by atoms with E-state index in [9.17, 15) is 4.79 Å². The molecule has 0 atom stereocenters. The van der Waals surface area contributed by atoms with Gasteiger partial charge in [-0.25, -0.2) is 0 Å². The van der Waals surface area contributed by atoms with Crippen molar-refractivity contribution in [1.82, 2.24) is 15.1 Å². The Bertz CT molecular complexity index is 547. The molecular weight excluding hydrogens is 288 g/mol. The highest BCUT2D eigenvalue weighted by Crippen LogP contribution is 2.10. The first-order chi connectivity index (χ1) is 11.1. The fourth-order valence-corrected chi connectivity index (χ4v) is 2.85. The fourth-order valence-electron chi connectivity index (χ4n) is 2.85. The highest BCUT2D eigenvalue weighted by Gasteiger charge is 2.17. The van der Waals surface area contributed by atoms with Crippen molar-refractivity contribution in [1.29, 1.82) is 5.26 Å². The van der Waals surface area contributed by atoms with Gasteiger partial charge in [0.25, 0.3) is 0 Å². The summed E-state index contributed by atoms with van der Waals surface area (Å²) in [5.74, 6) is 0.112. The molecule has 0 aliphatic carbocycles. The maximum Gasteiger partial charge on any atom is 0.234 e. The number of carbonyl (C=O) groups is 1. The number of nitrogens with one attached hydrogen (secondary N) is 1. The average Bonchev–Trinajstić information content (AvgIpc) is 2.73. The predicted octanol–water partition coefficient (Wildman–Crippen LogP) is 1.59. The van der Waals surface area contributed by atoms with Crippen LogP contribution in [0.2, 0.25) is 0 Å². The molecule has 5 nitrogen and oxygen atoms in total. The van der Waals surface area contributed by atoms with Crippen LogP contribution in [0.5, 0.6) is 0 Å². The fraction of sp³-hybridized carbons (Fsp3) is 0.556. The molecule has 1 N–H and O–H groups in total. The van der Waals surface area contributed by atoms with Crippen molar-refractivity contribution in [3.05, 3.63) is 35.4 Å². The summed E-state index contributed by atoms with van der Waals surface area (Å²) in [5.41, 5.74) is 1.93. The lowest BCUT2D eigenvalue weighted by molar-refractivity contribution is -0.122. The van der Waals surface area contributed by atoms with Crippen LogP contribution in [0.3, 0.4) is 0 Å². The number of nitrogens with zero attached hydrogens (tertiary/aromatic N) is 3. The van der Waals surface area contributed by atoms with Gasteiger partial charge < -0.3 is 5.32 Å². The van der Waals surface area contributed by atoms with Crippen LogP contribution in [0.25, 0.3) is 0 Å². The largest absolute Gasteiger partial charge is 0.353 e.